The molecule has 0 amide bonds. The minimum Gasteiger partial charge on any atom is -0.325 e. The Morgan fingerprint density at radius 1 is 0.944 bits per heavy atom. The second-order valence-corrected chi connectivity index (χ2v) is 5.94. The molecule has 0 fully saturated rings. The first-order valence-corrected chi connectivity index (χ1v) is 7.35. The van der Waals surface area contributed by atoms with E-state index in [1.54, 1.807) is 0 Å². The number of hydrogen-bond acceptors (Lipinski definition) is 1. The molecular formula is C16H29N2+. The predicted octanol–water partition coefficient (Wildman–Crippen LogP) is 4.02. The molecule has 1 rings (SSSR count). The van der Waals surface area contributed by atoms with Gasteiger partial charge in [0, 0.05) is 18.0 Å². The van der Waals surface area contributed by atoms with Crippen LogP contribution in [0, 0.1) is 0 Å². The third-order valence-electron chi connectivity index (χ3n) is 3.48. The molecule has 18 heavy (non-hydrogen) atoms. The van der Waals surface area contributed by atoms with Crippen molar-refractivity contribution in [3.63, 3.8) is 0 Å². The highest BCUT2D eigenvalue weighted by Gasteiger charge is 2.14. The lowest BCUT2D eigenvalue weighted by molar-refractivity contribution is -0.903. The second-order valence-electron chi connectivity index (χ2n) is 5.94. The lowest BCUT2D eigenvalue weighted by Crippen LogP contribution is -2.39. The summed E-state index contributed by atoms with van der Waals surface area (Å²) >= 11 is 0. The van der Waals surface area contributed by atoms with E-state index in [1.165, 1.54) is 50.6 Å². The van der Waals surface area contributed by atoms with Crippen molar-refractivity contribution in [2.75, 3.05) is 20.6 Å². The van der Waals surface area contributed by atoms with Gasteiger partial charge in [0.25, 0.3) is 0 Å². The van der Waals surface area contributed by atoms with Crippen molar-refractivity contribution in [3.8, 4) is 0 Å². The Labute approximate surface area is 113 Å². The quantitative estimate of drug-likeness (QED) is 0.476. The molecule has 0 unspecified atom stereocenters. The fraction of sp³-hybridized carbons (Fsp3) is 0.688. The first kappa shape index (κ1) is 15.2. The van der Waals surface area contributed by atoms with Gasteiger partial charge in [0.2, 0.25) is 0 Å². The van der Waals surface area contributed by atoms with Gasteiger partial charge in [0.05, 0.1) is 20.6 Å². The van der Waals surface area contributed by atoms with Crippen LogP contribution in [0.2, 0.25) is 0 Å². The summed E-state index contributed by atoms with van der Waals surface area (Å²) in [7, 11) is 4.65. The van der Waals surface area contributed by atoms with E-state index in [0.717, 1.165) is 11.0 Å². The molecule has 2 nitrogen and oxygen atoms in total. The van der Waals surface area contributed by atoms with Gasteiger partial charge in [-0.15, -0.1) is 0 Å². The molecule has 0 bridgehead atoms. The molecule has 1 aromatic rings. The molecule has 0 radical (unpaired) electrons. The van der Waals surface area contributed by atoms with Gasteiger partial charge in [-0.05, 0) is 25.0 Å². The van der Waals surface area contributed by atoms with Crippen LogP contribution < -0.4 is 0 Å². The molecule has 0 saturated heterocycles. The van der Waals surface area contributed by atoms with Gasteiger partial charge < -0.3 is 4.48 Å². The van der Waals surface area contributed by atoms with E-state index in [-0.39, 0.29) is 0 Å². The van der Waals surface area contributed by atoms with Crippen LogP contribution in [0.1, 0.15) is 51.0 Å². The highest BCUT2D eigenvalue weighted by molar-refractivity contribution is 5.07. The minimum atomic E-state index is 1.08. The summed E-state index contributed by atoms with van der Waals surface area (Å²) in [4.78, 5) is 4.07. The third-order valence-corrected chi connectivity index (χ3v) is 3.48. The monoisotopic (exact) mass is 249 g/mol. The van der Waals surface area contributed by atoms with Crippen LogP contribution in [0.4, 0.5) is 0 Å². The van der Waals surface area contributed by atoms with Gasteiger partial charge in [0.1, 0.15) is 6.54 Å². The zero-order valence-corrected chi connectivity index (χ0v) is 12.4. The van der Waals surface area contributed by atoms with Crippen molar-refractivity contribution in [2.45, 2.75) is 52.0 Å². The third kappa shape index (κ3) is 6.75. The molecular weight excluding hydrogens is 220 g/mol. The largest absolute Gasteiger partial charge is 0.325 e. The molecule has 0 atom stereocenters. The van der Waals surface area contributed by atoms with E-state index in [0.29, 0.717) is 0 Å². The number of nitrogens with zero attached hydrogens (tertiary/aromatic N) is 2. The zero-order chi connectivity index (χ0) is 13.3. The lowest BCUT2D eigenvalue weighted by atomic mass is 10.1. The number of rotatable bonds is 9. The molecule has 2 heteroatoms. The van der Waals surface area contributed by atoms with Crippen LogP contribution >= 0.6 is 0 Å². The van der Waals surface area contributed by atoms with E-state index in [1.807, 2.05) is 12.4 Å². The highest BCUT2D eigenvalue weighted by Crippen LogP contribution is 2.12. The molecule has 0 aliphatic rings. The van der Waals surface area contributed by atoms with Crippen molar-refractivity contribution in [1.82, 2.24) is 4.98 Å². The lowest BCUT2D eigenvalue weighted by Gasteiger charge is -2.30. The Morgan fingerprint density at radius 3 is 2.22 bits per heavy atom. The number of hydrogen-bond donors (Lipinski definition) is 0. The SMILES string of the molecule is CCCCCCCC[N+](C)(C)Cc1ccncc1. The standard InChI is InChI=1S/C16H29N2/c1-4-5-6-7-8-9-14-18(2,3)15-16-10-12-17-13-11-16/h10-13H,4-9,14-15H2,1-3H3/q+1. The van der Waals surface area contributed by atoms with Gasteiger partial charge in [-0.25, -0.2) is 0 Å². The van der Waals surface area contributed by atoms with Crippen molar-refractivity contribution in [2.24, 2.45) is 0 Å². The van der Waals surface area contributed by atoms with Crippen LogP contribution in [-0.2, 0) is 6.54 Å². The van der Waals surface area contributed by atoms with Gasteiger partial charge in [-0.1, -0.05) is 32.6 Å². The van der Waals surface area contributed by atoms with Crippen molar-refractivity contribution < 1.29 is 4.48 Å². The summed E-state index contributed by atoms with van der Waals surface area (Å²) in [6.45, 7) is 4.65. The fourth-order valence-corrected chi connectivity index (χ4v) is 2.38. The molecule has 1 aromatic heterocycles. The van der Waals surface area contributed by atoms with Gasteiger partial charge in [0.15, 0.2) is 0 Å². The highest BCUT2D eigenvalue weighted by atomic mass is 15.3. The summed E-state index contributed by atoms with van der Waals surface area (Å²) in [5.41, 5.74) is 1.39. The average molecular weight is 249 g/mol. The summed E-state index contributed by atoms with van der Waals surface area (Å²) in [5.74, 6) is 0. The van der Waals surface area contributed by atoms with Gasteiger partial charge in [-0.3, -0.25) is 4.98 Å². The average Bonchev–Trinajstić information content (AvgIpc) is 2.34. The first-order valence-electron chi connectivity index (χ1n) is 7.35. The van der Waals surface area contributed by atoms with Gasteiger partial charge >= 0.3 is 0 Å². The summed E-state index contributed by atoms with van der Waals surface area (Å²) in [6, 6.07) is 4.25. The van der Waals surface area contributed by atoms with Gasteiger partial charge in [-0.2, -0.15) is 0 Å². The van der Waals surface area contributed by atoms with Crippen LogP contribution in [0.5, 0.6) is 0 Å². The Kier molecular flexibility index (Phi) is 6.96. The molecule has 0 spiro atoms. The number of quaternary nitrogens is 1. The number of aromatic nitrogens is 1. The van der Waals surface area contributed by atoms with Crippen molar-refractivity contribution >= 4 is 0 Å². The van der Waals surface area contributed by atoms with Crippen molar-refractivity contribution in [3.05, 3.63) is 30.1 Å². The maximum Gasteiger partial charge on any atom is 0.104 e. The Morgan fingerprint density at radius 2 is 1.56 bits per heavy atom. The van der Waals surface area contributed by atoms with Crippen LogP contribution in [0.25, 0.3) is 0 Å². The van der Waals surface area contributed by atoms with Crippen LogP contribution in [0.15, 0.2) is 24.5 Å². The van der Waals surface area contributed by atoms with Crippen molar-refractivity contribution in [1.29, 1.82) is 0 Å². The second kappa shape index (κ2) is 8.25. The minimum absolute atomic E-state index is 1.08. The maximum atomic E-state index is 4.07. The first-order chi connectivity index (χ1) is 8.64. The van der Waals surface area contributed by atoms with Crippen LogP contribution in [-0.4, -0.2) is 30.1 Å². The number of unbranched alkanes of at least 4 members (excludes halogenated alkanes) is 5. The molecule has 1 heterocycles. The molecule has 0 aromatic carbocycles. The number of pyridine rings is 1. The summed E-state index contributed by atoms with van der Waals surface area (Å²) in [5, 5.41) is 0. The molecule has 102 valence electrons. The molecule has 0 saturated carbocycles. The van der Waals surface area contributed by atoms with E-state index in [9.17, 15) is 0 Å². The summed E-state index contributed by atoms with van der Waals surface area (Å²) < 4.78 is 1.08. The van der Waals surface area contributed by atoms with Crippen LogP contribution in [0.3, 0.4) is 0 Å². The topological polar surface area (TPSA) is 12.9 Å². The van der Waals surface area contributed by atoms with E-state index < -0.39 is 0 Å². The Hall–Kier alpha value is -0.890. The molecule has 0 aliphatic carbocycles. The molecule has 0 N–H and O–H groups in total. The van der Waals surface area contributed by atoms with E-state index in [4.69, 9.17) is 0 Å². The normalized spacial score (nSPS) is 11.7. The summed E-state index contributed by atoms with van der Waals surface area (Å²) in [6.07, 6.45) is 12.1. The predicted molar refractivity (Wildman–Crippen MR) is 78.3 cm³/mol. The Balaban J connectivity index is 2.19. The van der Waals surface area contributed by atoms with E-state index >= 15 is 0 Å². The maximum absolute atomic E-state index is 4.07. The molecule has 0 aliphatic heterocycles. The Bertz CT molecular complexity index is 306. The smallest absolute Gasteiger partial charge is 0.104 e. The van der Waals surface area contributed by atoms with E-state index in [2.05, 4.69) is 38.1 Å². The fourth-order valence-electron chi connectivity index (χ4n) is 2.38. The zero-order valence-electron chi connectivity index (χ0n) is 12.4.